The van der Waals surface area contributed by atoms with Crippen LogP contribution in [0.3, 0.4) is 0 Å². The van der Waals surface area contributed by atoms with E-state index in [9.17, 15) is 9.59 Å². The number of halogens is 2. The number of hydrogen-bond donors (Lipinski definition) is 1. The van der Waals surface area contributed by atoms with Gasteiger partial charge in [-0.15, -0.1) is 0 Å². The van der Waals surface area contributed by atoms with Crippen LogP contribution in [-0.4, -0.2) is 67.6 Å². The summed E-state index contributed by atoms with van der Waals surface area (Å²) in [7, 11) is 0. The number of amides is 2. The second-order valence-corrected chi connectivity index (χ2v) is 10.7. The van der Waals surface area contributed by atoms with Gasteiger partial charge in [-0.05, 0) is 42.4 Å². The summed E-state index contributed by atoms with van der Waals surface area (Å²) >= 11 is 12.5. The third kappa shape index (κ3) is 5.51. The molecule has 2 amide bonds. The number of nitrogens with zero attached hydrogens (tertiary/aromatic N) is 2. The minimum Gasteiger partial charge on any atom is -0.381 e. The number of benzene rings is 2. The topological polar surface area (TPSA) is 61.9 Å². The van der Waals surface area contributed by atoms with E-state index in [0.29, 0.717) is 40.7 Å². The van der Waals surface area contributed by atoms with Gasteiger partial charge in [0.05, 0.1) is 34.2 Å². The fourth-order valence-electron chi connectivity index (χ4n) is 5.65. The maximum Gasteiger partial charge on any atom is 0.256 e. The van der Waals surface area contributed by atoms with Crippen LogP contribution in [-0.2, 0) is 9.53 Å². The van der Waals surface area contributed by atoms with Crippen LogP contribution in [0.2, 0.25) is 10.0 Å². The Morgan fingerprint density at radius 3 is 2.29 bits per heavy atom. The molecule has 3 heterocycles. The molecule has 0 saturated carbocycles. The quantitative estimate of drug-likeness (QED) is 0.597. The van der Waals surface area contributed by atoms with Gasteiger partial charge in [0.2, 0.25) is 5.91 Å². The average Bonchev–Trinajstić information content (AvgIpc) is 3.59. The highest BCUT2D eigenvalue weighted by Crippen LogP contribution is 2.34. The van der Waals surface area contributed by atoms with Crippen molar-refractivity contribution in [3.8, 4) is 0 Å². The fraction of sp³-hybridized carbons (Fsp3) is 0.481. The van der Waals surface area contributed by atoms with Crippen LogP contribution in [0.1, 0.15) is 34.8 Å². The first-order valence-electron chi connectivity index (χ1n) is 12.4. The summed E-state index contributed by atoms with van der Waals surface area (Å²) < 4.78 is 5.40. The van der Waals surface area contributed by atoms with Crippen molar-refractivity contribution in [2.75, 3.05) is 45.9 Å². The van der Waals surface area contributed by atoms with Gasteiger partial charge in [0.25, 0.3) is 5.91 Å². The lowest BCUT2D eigenvalue weighted by Crippen LogP contribution is -2.37. The van der Waals surface area contributed by atoms with Gasteiger partial charge >= 0.3 is 0 Å². The zero-order chi connectivity index (χ0) is 24.4. The molecule has 2 aromatic carbocycles. The minimum atomic E-state index is -0.0794. The number of carbonyl (C=O) groups excluding carboxylic acids is 2. The summed E-state index contributed by atoms with van der Waals surface area (Å²) in [5.74, 6) is 0.843. The van der Waals surface area contributed by atoms with Crippen molar-refractivity contribution in [1.29, 1.82) is 0 Å². The maximum absolute atomic E-state index is 13.1. The second-order valence-electron chi connectivity index (χ2n) is 9.91. The number of carbonyl (C=O) groups is 2. The van der Waals surface area contributed by atoms with Crippen molar-refractivity contribution in [3.63, 3.8) is 0 Å². The number of ether oxygens (including phenoxy) is 1. The van der Waals surface area contributed by atoms with Crippen molar-refractivity contribution in [2.24, 2.45) is 17.8 Å². The standard InChI is InChI=1S/C27H31Cl2N3O3/c28-22-7-4-8-23(29)25(22)27(34)32-15-20-13-31(14-21(20)16-32)11-9-24(18-5-2-1-3-6-18)30-26(33)19-10-12-35-17-19/h1-8,19-21,24H,9-17H2,(H,30,33)/t19?,20?,21?,24-/m0/s1. The minimum absolute atomic E-state index is 0.0230. The van der Waals surface area contributed by atoms with Gasteiger partial charge in [-0.3, -0.25) is 9.59 Å². The number of likely N-dealkylation sites (tertiary alicyclic amines) is 2. The molecule has 35 heavy (non-hydrogen) atoms. The molecule has 1 N–H and O–H groups in total. The first kappa shape index (κ1) is 24.6. The van der Waals surface area contributed by atoms with Crippen molar-refractivity contribution >= 4 is 35.0 Å². The summed E-state index contributed by atoms with van der Waals surface area (Å²) in [6, 6.07) is 15.3. The molecule has 5 rings (SSSR count). The predicted octanol–water partition coefficient (Wildman–Crippen LogP) is 4.28. The van der Waals surface area contributed by atoms with E-state index in [-0.39, 0.29) is 23.8 Å². The SMILES string of the molecule is O=C(N[C@@H](CCN1CC2CN(C(=O)c3c(Cl)cccc3Cl)CC2C1)c1ccccc1)C1CCOC1. The molecular weight excluding hydrogens is 485 g/mol. The molecule has 0 radical (unpaired) electrons. The number of hydrogen-bond acceptors (Lipinski definition) is 4. The third-order valence-electron chi connectivity index (χ3n) is 7.58. The van der Waals surface area contributed by atoms with Gasteiger partial charge in [-0.1, -0.05) is 59.6 Å². The van der Waals surface area contributed by atoms with E-state index in [1.54, 1.807) is 18.2 Å². The Morgan fingerprint density at radius 2 is 1.66 bits per heavy atom. The molecule has 3 aliphatic rings. The van der Waals surface area contributed by atoms with Crippen LogP contribution < -0.4 is 5.32 Å². The lowest BCUT2D eigenvalue weighted by atomic mass is 10.0. The van der Waals surface area contributed by atoms with E-state index in [0.717, 1.165) is 51.1 Å². The maximum atomic E-state index is 13.1. The van der Waals surface area contributed by atoms with Crippen molar-refractivity contribution in [3.05, 3.63) is 69.7 Å². The third-order valence-corrected chi connectivity index (χ3v) is 8.21. The van der Waals surface area contributed by atoms with Gasteiger partial charge in [0.15, 0.2) is 0 Å². The molecule has 4 atom stereocenters. The molecule has 3 unspecified atom stereocenters. The lowest BCUT2D eigenvalue weighted by molar-refractivity contribution is -0.125. The van der Waals surface area contributed by atoms with Crippen LogP contribution in [0.5, 0.6) is 0 Å². The average molecular weight is 516 g/mol. The molecule has 3 aliphatic heterocycles. The molecule has 186 valence electrons. The van der Waals surface area contributed by atoms with Crippen molar-refractivity contribution < 1.29 is 14.3 Å². The zero-order valence-corrected chi connectivity index (χ0v) is 21.2. The molecule has 2 aromatic rings. The van der Waals surface area contributed by atoms with Crippen molar-refractivity contribution in [1.82, 2.24) is 15.1 Å². The Morgan fingerprint density at radius 1 is 0.971 bits per heavy atom. The zero-order valence-electron chi connectivity index (χ0n) is 19.7. The molecule has 0 aliphatic carbocycles. The Hall–Kier alpha value is -2.12. The van der Waals surface area contributed by atoms with Gasteiger partial charge < -0.3 is 19.9 Å². The highest BCUT2D eigenvalue weighted by Gasteiger charge is 2.42. The van der Waals surface area contributed by atoms with E-state index in [1.165, 1.54) is 0 Å². The predicted molar refractivity (Wildman–Crippen MR) is 137 cm³/mol. The summed E-state index contributed by atoms with van der Waals surface area (Å²) in [6.07, 6.45) is 1.64. The highest BCUT2D eigenvalue weighted by atomic mass is 35.5. The van der Waals surface area contributed by atoms with Crippen LogP contribution in [0.25, 0.3) is 0 Å². The van der Waals surface area contributed by atoms with Crippen LogP contribution >= 0.6 is 23.2 Å². The van der Waals surface area contributed by atoms with Gasteiger partial charge in [0, 0.05) is 39.3 Å². The Bertz CT molecular complexity index is 1030. The molecule has 6 nitrogen and oxygen atoms in total. The van der Waals surface area contributed by atoms with E-state index in [2.05, 4.69) is 22.3 Å². The van der Waals surface area contributed by atoms with Crippen LogP contribution in [0.15, 0.2) is 48.5 Å². The van der Waals surface area contributed by atoms with E-state index >= 15 is 0 Å². The molecule has 3 fully saturated rings. The number of rotatable bonds is 7. The highest BCUT2D eigenvalue weighted by molar-refractivity contribution is 6.39. The van der Waals surface area contributed by atoms with Gasteiger partial charge in [0.1, 0.15) is 0 Å². The summed E-state index contributed by atoms with van der Waals surface area (Å²) in [4.78, 5) is 30.2. The number of fused-ring (bicyclic) bond motifs is 1. The fourth-order valence-corrected chi connectivity index (χ4v) is 6.21. The summed E-state index contributed by atoms with van der Waals surface area (Å²) in [5.41, 5.74) is 1.54. The van der Waals surface area contributed by atoms with Crippen molar-refractivity contribution in [2.45, 2.75) is 18.9 Å². The largest absolute Gasteiger partial charge is 0.381 e. The molecule has 3 saturated heterocycles. The van der Waals surface area contributed by atoms with Gasteiger partial charge in [-0.2, -0.15) is 0 Å². The molecule has 0 spiro atoms. The first-order chi connectivity index (χ1) is 17.0. The molecular formula is C27H31Cl2N3O3. The Labute approximate surface area is 216 Å². The molecule has 0 bridgehead atoms. The smallest absolute Gasteiger partial charge is 0.256 e. The summed E-state index contributed by atoms with van der Waals surface area (Å²) in [6.45, 7) is 5.43. The monoisotopic (exact) mass is 515 g/mol. The first-order valence-corrected chi connectivity index (χ1v) is 13.1. The number of nitrogens with one attached hydrogen (secondary N) is 1. The second kappa shape index (κ2) is 10.9. The molecule has 0 aromatic heterocycles. The van der Waals surface area contributed by atoms with E-state index < -0.39 is 0 Å². The van der Waals surface area contributed by atoms with Gasteiger partial charge in [-0.25, -0.2) is 0 Å². The van der Waals surface area contributed by atoms with Crippen LogP contribution in [0, 0.1) is 17.8 Å². The Kier molecular flexibility index (Phi) is 7.63. The summed E-state index contributed by atoms with van der Waals surface area (Å²) in [5, 5.41) is 4.08. The van der Waals surface area contributed by atoms with E-state index in [1.807, 2.05) is 23.1 Å². The lowest BCUT2D eigenvalue weighted by Gasteiger charge is -2.25. The van der Waals surface area contributed by atoms with Crippen LogP contribution in [0.4, 0.5) is 0 Å². The normalized spacial score (nSPS) is 25.0. The molecule has 8 heteroatoms. The Balaban J connectivity index is 1.17. The van der Waals surface area contributed by atoms with E-state index in [4.69, 9.17) is 27.9 Å².